The molecular formula is C15H23F2NO2. The average Bonchev–Trinajstić information content (AvgIpc) is 2.42. The minimum atomic E-state index is -2.79. The molecule has 0 spiro atoms. The molecule has 3 nitrogen and oxygen atoms in total. The number of halogens is 2. The predicted octanol–water partition coefficient (Wildman–Crippen LogP) is 3.76. The Morgan fingerprint density at radius 1 is 1.25 bits per heavy atom. The number of nitrogens with one attached hydrogen (secondary N) is 1. The zero-order valence-electron chi connectivity index (χ0n) is 12.1. The lowest BCUT2D eigenvalue weighted by Crippen LogP contribution is -2.21. The summed E-state index contributed by atoms with van der Waals surface area (Å²) < 4.78 is 34.1. The number of hydrogen-bond donors (Lipinski definition) is 1. The van der Waals surface area contributed by atoms with Gasteiger partial charge in [-0.2, -0.15) is 8.78 Å². The first-order valence-corrected chi connectivity index (χ1v) is 6.99. The molecule has 0 aliphatic carbocycles. The van der Waals surface area contributed by atoms with Gasteiger partial charge in [-0.25, -0.2) is 0 Å². The monoisotopic (exact) mass is 287 g/mol. The van der Waals surface area contributed by atoms with Gasteiger partial charge in [-0.05, 0) is 44.0 Å². The molecule has 5 heteroatoms. The zero-order chi connectivity index (χ0) is 14.8. The van der Waals surface area contributed by atoms with Gasteiger partial charge in [0.2, 0.25) is 0 Å². The lowest BCUT2D eigenvalue weighted by atomic mass is 10.1. The van der Waals surface area contributed by atoms with Crippen LogP contribution in [-0.2, 0) is 4.74 Å². The summed E-state index contributed by atoms with van der Waals surface area (Å²) in [5, 5.41) is 3.33. The molecule has 0 amide bonds. The third-order valence-electron chi connectivity index (χ3n) is 2.85. The van der Waals surface area contributed by atoms with E-state index < -0.39 is 6.61 Å². The van der Waals surface area contributed by atoms with E-state index in [1.165, 1.54) is 6.07 Å². The number of benzene rings is 1. The summed E-state index contributed by atoms with van der Waals surface area (Å²) in [6.07, 6.45) is 1.96. The quantitative estimate of drug-likeness (QED) is 0.665. The van der Waals surface area contributed by atoms with Gasteiger partial charge < -0.3 is 14.8 Å². The van der Waals surface area contributed by atoms with Crippen LogP contribution in [0.1, 0.15) is 38.3 Å². The Morgan fingerprint density at radius 2 is 2.05 bits per heavy atom. The van der Waals surface area contributed by atoms with E-state index in [4.69, 9.17) is 4.74 Å². The fourth-order valence-corrected chi connectivity index (χ4v) is 1.82. The van der Waals surface area contributed by atoms with Gasteiger partial charge in [-0.15, -0.1) is 0 Å². The summed E-state index contributed by atoms with van der Waals surface area (Å²) >= 11 is 0. The van der Waals surface area contributed by atoms with Crippen molar-refractivity contribution in [3.05, 3.63) is 29.8 Å². The molecule has 1 rings (SSSR count). The van der Waals surface area contributed by atoms with Gasteiger partial charge in [-0.3, -0.25) is 0 Å². The summed E-state index contributed by atoms with van der Waals surface area (Å²) in [6, 6.07) is 6.86. The van der Waals surface area contributed by atoms with Crippen LogP contribution in [0.5, 0.6) is 5.75 Å². The number of ether oxygens (including phenoxy) is 2. The van der Waals surface area contributed by atoms with Gasteiger partial charge in [0.25, 0.3) is 0 Å². The molecule has 0 heterocycles. The highest BCUT2D eigenvalue weighted by Crippen LogP contribution is 2.20. The van der Waals surface area contributed by atoms with Crippen LogP contribution in [0.3, 0.4) is 0 Å². The molecule has 1 atom stereocenters. The maximum atomic E-state index is 12.2. The number of alkyl halides is 2. The van der Waals surface area contributed by atoms with Crippen molar-refractivity contribution in [2.75, 3.05) is 19.8 Å². The van der Waals surface area contributed by atoms with Crippen LogP contribution in [0.25, 0.3) is 0 Å². The Balaban J connectivity index is 2.33. The number of rotatable bonds is 10. The van der Waals surface area contributed by atoms with Crippen molar-refractivity contribution in [3.8, 4) is 5.75 Å². The standard InChI is InChI=1S/C15H23F2NO2/c1-3-9-19-10-5-8-18-12(2)13-6-4-7-14(11-13)20-15(16)17/h4,6-7,11-12,15,18H,3,5,8-10H2,1-2H3. The SMILES string of the molecule is CCCOCCCNC(C)c1cccc(OC(F)F)c1. The maximum absolute atomic E-state index is 12.2. The smallest absolute Gasteiger partial charge is 0.387 e. The first-order chi connectivity index (χ1) is 9.63. The third-order valence-corrected chi connectivity index (χ3v) is 2.85. The number of hydrogen-bond acceptors (Lipinski definition) is 3. The Labute approximate surface area is 119 Å². The van der Waals surface area contributed by atoms with E-state index in [1.54, 1.807) is 12.1 Å². The normalized spacial score (nSPS) is 12.7. The molecule has 0 saturated carbocycles. The molecule has 0 aliphatic rings. The van der Waals surface area contributed by atoms with Crippen LogP contribution in [0.15, 0.2) is 24.3 Å². The molecule has 0 saturated heterocycles. The van der Waals surface area contributed by atoms with Crippen molar-refractivity contribution in [1.82, 2.24) is 5.32 Å². The topological polar surface area (TPSA) is 30.5 Å². The summed E-state index contributed by atoms with van der Waals surface area (Å²) in [5.41, 5.74) is 0.928. The fourth-order valence-electron chi connectivity index (χ4n) is 1.82. The second kappa shape index (κ2) is 9.66. The van der Waals surface area contributed by atoms with Crippen molar-refractivity contribution in [1.29, 1.82) is 0 Å². The third kappa shape index (κ3) is 6.82. The van der Waals surface area contributed by atoms with Crippen LogP contribution in [0.2, 0.25) is 0 Å². The van der Waals surface area contributed by atoms with E-state index in [1.807, 2.05) is 13.0 Å². The van der Waals surface area contributed by atoms with Gasteiger partial charge in [-0.1, -0.05) is 19.1 Å². The van der Waals surface area contributed by atoms with Crippen molar-refractivity contribution in [3.63, 3.8) is 0 Å². The van der Waals surface area contributed by atoms with Crippen LogP contribution in [0.4, 0.5) is 8.78 Å². The van der Waals surface area contributed by atoms with Gasteiger partial charge in [0, 0.05) is 19.3 Å². The Bertz CT molecular complexity index is 375. The van der Waals surface area contributed by atoms with Crippen LogP contribution in [-0.4, -0.2) is 26.4 Å². The minimum Gasteiger partial charge on any atom is -0.435 e. The molecule has 20 heavy (non-hydrogen) atoms. The Morgan fingerprint density at radius 3 is 2.75 bits per heavy atom. The Hall–Kier alpha value is -1.20. The molecular weight excluding hydrogens is 264 g/mol. The first-order valence-electron chi connectivity index (χ1n) is 6.99. The van der Waals surface area contributed by atoms with Crippen molar-refractivity contribution >= 4 is 0 Å². The summed E-state index contributed by atoms with van der Waals surface area (Å²) in [6.45, 7) is 3.64. The second-order valence-electron chi connectivity index (χ2n) is 4.59. The molecule has 0 bridgehead atoms. The van der Waals surface area contributed by atoms with E-state index in [0.717, 1.165) is 38.2 Å². The van der Waals surface area contributed by atoms with E-state index >= 15 is 0 Å². The van der Waals surface area contributed by atoms with Gasteiger partial charge >= 0.3 is 6.61 Å². The highest BCUT2D eigenvalue weighted by Gasteiger charge is 2.08. The van der Waals surface area contributed by atoms with Gasteiger partial charge in [0.1, 0.15) is 5.75 Å². The molecule has 1 N–H and O–H groups in total. The maximum Gasteiger partial charge on any atom is 0.387 e. The summed E-state index contributed by atoms with van der Waals surface area (Å²) in [7, 11) is 0. The van der Waals surface area contributed by atoms with Gasteiger partial charge in [0.15, 0.2) is 0 Å². The molecule has 114 valence electrons. The second-order valence-corrected chi connectivity index (χ2v) is 4.59. The molecule has 1 aromatic carbocycles. The molecule has 0 aromatic heterocycles. The molecule has 1 aromatic rings. The van der Waals surface area contributed by atoms with E-state index in [2.05, 4.69) is 17.0 Å². The minimum absolute atomic E-state index is 0.0856. The zero-order valence-corrected chi connectivity index (χ0v) is 12.1. The van der Waals surface area contributed by atoms with Crippen molar-refractivity contribution in [2.45, 2.75) is 39.3 Å². The van der Waals surface area contributed by atoms with E-state index in [-0.39, 0.29) is 11.8 Å². The highest BCUT2D eigenvalue weighted by atomic mass is 19.3. The highest BCUT2D eigenvalue weighted by molar-refractivity contribution is 5.30. The lowest BCUT2D eigenvalue weighted by molar-refractivity contribution is -0.0499. The van der Waals surface area contributed by atoms with Crippen LogP contribution >= 0.6 is 0 Å². The largest absolute Gasteiger partial charge is 0.435 e. The molecule has 1 unspecified atom stereocenters. The van der Waals surface area contributed by atoms with Crippen molar-refractivity contribution < 1.29 is 18.3 Å². The summed E-state index contributed by atoms with van der Waals surface area (Å²) in [4.78, 5) is 0. The predicted molar refractivity (Wildman–Crippen MR) is 75.2 cm³/mol. The van der Waals surface area contributed by atoms with E-state index in [9.17, 15) is 8.78 Å². The van der Waals surface area contributed by atoms with Crippen LogP contribution < -0.4 is 10.1 Å². The Kier molecular flexibility index (Phi) is 8.14. The molecule has 0 aliphatic heterocycles. The molecule has 0 radical (unpaired) electrons. The van der Waals surface area contributed by atoms with Gasteiger partial charge in [0.05, 0.1) is 0 Å². The van der Waals surface area contributed by atoms with Crippen molar-refractivity contribution in [2.24, 2.45) is 0 Å². The lowest BCUT2D eigenvalue weighted by Gasteiger charge is -2.15. The summed E-state index contributed by atoms with van der Waals surface area (Å²) in [5.74, 6) is 0.192. The average molecular weight is 287 g/mol. The first kappa shape index (κ1) is 16.9. The van der Waals surface area contributed by atoms with Crippen LogP contribution in [0, 0.1) is 0 Å². The van der Waals surface area contributed by atoms with E-state index in [0.29, 0.717) is 0 Å². The molecule has 0 fully saturated rings. The fraction of sp³-hybridized carbons (Fsp3) is 0.600.